The first-order valence-electron chi connectivity index (χ1n) is 11.0. The van der Waals surface area contributed by atoms with Crippen molar-refractivity contribution in [2.24, 2.45) is 0 Å². The highest BCUT2D eigenvalue weighted by molar-refractivity contribution is 6.42. The number of carboxylic acids is 1. The Bertz CT molecular complexity index is 1110. The van der Waals surface area contributed by atoms with E-state index in [9.17, 15) is 30.0 Å². The Balaban J connectivity index is 1.54. The molecule has 5 unspecified atom stereocenters. The zero-order valence-corrected chi connectivity index (χ0v) is 20.1. The molecule has 4 N–H and O–H groups in total. The summed E-state index contributed by atoms with van der Waals surface area (Å²) in [6, 6.07) is 12.8. The molecule has 0 bridgehead atoms. The lowest BCUT2D eigenvalue weighted by Gasteiger charge is -2.40. The minimum Gasteiger partial charge on any atom is -0.479 e. The van der Waals surface area contributed by atoms with E-state index in [0.29, 0.717) is 22.9 Å². The van der Waals surface area contributed by atoms with Crippen molar-refractivity contribution >= 4 is 35.3 Å². The summed E-state index contributed by atoms with van der Waals surface area (Å²) in [5, 5.41) is 40.1. The summed E-state index contributed by atoms with van der Waals surface area (Å²) in [6.45, 7) is 0. The summed E-state index contributed by atoms with van der Waals surface area (Å²) in [4.78, 5) is 25.6. The summed E-state index contributed by atoms with van der Waals surface area (Å²) in [5.74, 6) is -1.52. The Hall–Kier alpha value is -2.40. The highest BCUT2D eigenvalue weighted by atomic mass is 35.5. The molecule has 9 nitrogen and oxygen atoms in total. The number of amides is 1. The SMILES string of the molecule is CN(C(=O)OC1OC(C(=O)O)C(O)C(O)C1O)[C@@H]1CC[C@H](c2ccc(Cl)c(Cl)c2)c2ccccc21. The van der Waals surface area contributed by atoms with Gasteiger partial charge in [0.05, 0.1) is 16.1 Å². The first-order valence-corrected chi connectivity index (χ1v) is 11.8. The smallest absolute Gasteiger partial charge is 0.412 e. The zero-order valence-electron chi connectivity index (χ0n) is 18.6. The van der Waals surface area contributed by atoms with Gasteiger partial charge in [0.2, 0.25) is 6.29 Å². The Morgan fingerprint density at radius 2 is 1.66 bits per heavy atom. The van der Waals surface area contributed by atoms with Gasteiger partial charge in [0, 0.05) is 13.0 Å². The normalized spacial score (nSPS) is 30.3. The third kappa shape index (κ3) is 4.97. The van der Waals surface area contributed by atoms with Crippen LogP contribution in [-0.2, 0) is 14.3 Å². The summed E-state index contributed by atoms with van der Waals surface area (Å²) < 4.78 is 10.3. The van der Waals surface area contributed by atoms with Crippen molar-refractivity contribution in [2.45, 2.75) is 55.5 Å². The molecule has 35 heavy (non-hydrogen) atoms. The summed E-state index contributed by atoms with van der Waals surface area (Å²) in [5.41, 5.74) is 2.92. The number of aliphatic hydroxyl groups is 3. The summed E-state index contributed by atoms with van der Waals surface area (Å²) in [6.07, 6.45) is -8.79. The van der Waals surface area contributed by atoms with Gasteiger partial charge in [-0.05, 0) is 41.7 Å². The maximum Gasteiger partial charge on any atom is 0.412 e. The number of nitrogens with zero attached hydrogens (tertiary/aromatic N) is 1. The van der Waals surface area contributed by atoms with E-state index in [2.05, 4.69) is 0 Å². The van der Waals surface area contributed by atoms with Crippen LogP contribution in [0.1, 0.15) is 41.5 Å². The van der Waals surface area contributed by atoms with Crippen molar-refractivity contribution in [3.05, 3.63) is 69.2 Å². The topological polar surface area (TPSA) is 137 Å². The number of fused-ring (bicyclic) bond motifs is 1. The van der Waals surface area contributed by atoms with Gasteiger partial charge in [0.25, 0.3) is 0 Å². The molecule has 4 rings (SSSR count). The molecule has 0 saturated carbocycles. The first kappa shape index (κ1) is 25.7. The van der Waals surface area contributed by atoms with E-state index >= 15 is 0 Å². The van der Waals surface area contributed by atoms with Crippen LogP contribution in [0.15, 0.2) is 42.5 Å². The second kappa shape index (κ2) is 10.3. The predicted octanol–water partition coefficient (Wildman–Crippen LogP) is 2.92. The molecule has 2 aliphatic rings. The number of aliphatic carboxylic acids is 1. The van der Waals surface area contributed by atoms with Crippen molar-refractivity contribution < 1.29 is 39.5 Å². The lowest BCUT2D eigenvalue weighted by molar-refractivity contribution is -0.280. The lowest BCUT2D eigenvalue weighted by atomic mass is 9.76. The van der Waals surface area contributed by atoms with Gasteiger partial charge in [0.15, 0.2) is 6.10 Å². The van der Waals surface area contributed by atoms with E-state index < -0.39 is 42.8 Å². The molecule has 1 aliphatic heterocycles. The minimum absolute atomic E-state index is 0.0399. The van der Waals surface area contributed by atoms with E-state index in [1.54, 1.807) is 6.07 Å². The Kier molecular flexibility index (Phi) is 7.56. The van der Waals surface area contributed by atoms with Crippen LogP contribution in [0.25, 0.3) is 0 Å². The van der Waals surface area contributed by atoms with Gasteiger partial charge in [-0.25, -0.2) is 9.59 Å². The highest BCUT2D eigenvalue weighted by Gasteiger charge is 2.49. The predicted molar refractivity (Wildman–Crippen MR) is 125 cm³/mol. The number of carbonyl (C=O) groups is 2. The number of carbonyl (C=O) groups excluding carboxylic acids is 1. The van der Waals surface area contributed by atoms with Gasteiger partial charge in [-0.15, -0.1) is 0 Å². The molecule has 1 aliphatic carbocycles. The average Bonchev–Trinajstić information content (AvgIpc) is 2.84. The van der Waals surface area contributed by atoms with Gasteiger partial charge < -0.3 is 34.8 Å². The lowest BCUT2D eigenvalue weighted by Crippen LogP contribution is -2.61. The molecule has 0 spiro atoms. The van der Waals surface area contributed by atoms with Crippen LogP contribution in [0.4, 0.5) is 4.79 Å². The van der Waals surface area contributed by atoms with Crippen LogP contribution in [0.3, 0.4) is 0 Å². The van der Waals surface area contributed by atoms with Crippen LogP contribution in [0.5, 0.6) is 0 Å². The molecular weight excluding hydrogens is 501 g/mol. The molecule has 1 heterocycles. The van der Waals surface area contributed by atoms with Crippen LogP contribution in [0, 0.1) is 0 Å². The fourth-order valence-corrected chi connectivity index (χ4v) is 5.01. The molecule has 1 amide bonds. The number of aliphatic hydroxyl groups excluding tert-OH is 3. The van der Waals surface area contributed by atoms with Crippen molar-refractivity contribution in [2.75, 3.05) is 7.05 Å². The van der Waals surface area contributed by atoms with Gasteiger partial charge >= 0.3 is 12.1 Å². The maximum absolute atomic E-state index is 13.0. The number of hydrogen-bond acceptors (Lipinski definition) is 7. The molecule has 0 aromatic heterocycles. The number of rotatable bonds is 4. The van der Waals surface area contributed by atoms with E-state index in [4.69, 9.17) is 32.7 Å². The van der Waals surface area contributed by atoms with E-state index in [0.717, 1.165) is 16.7 Å². The van der Waals surface area contributed by atoms with Crippen molar-refractivity contribution in [1.82, 2.24) is 4.90 Å². The van der Waals surface area contributed by atoms with Crippen LogP contribution >= 0.6 is 23.2 Å². The first-order chi connectivity index (χ1) is 16.6. The molecule has 7 atom stereocenters. The van der Waals surface area contributed by atoms with E-state index in [1.807, 2.05) is 36.4 Å². The number of hydrogen-bond donors (Lipinski definition) is 4. The summed E-state index contributed by atoms with van der Waals surface area (Å²) >= 11 is 12.3. The van der Waals surface area contributed by atoms with Crippen molar-refractivity contribution in [3.8, 4) is 0 Å². The minimum atomic E-state index is -1.88. The standard InChI is InChI=1S/C24H25Cl2NO8/c1-27(24(33)35-23-20(30)18(28)19(29)21(34-23)22(31)32)17-9-7-12(13-4-2-3-5-14(13)17)11-6-8-15(25)16(26)10-11/h2-6,8,10,12,17-21,23,28-30H,7,9H2,1H3,(H,31,32)/t12-,17-,18?,19?,20?,21?,23?/m1/s1. The number of benzene rings is 2. The zero-order chi connectivity index (χ0) is 25.4. The Morgan fingerprint density at radius 3 is 2.31 bits per heavy atom. The average molecular weight is 526 g/mol. The molecule has 188 valence electrons. The molecule has 0 radical (unpaired) electrons. The molecular formula is C24H25Cl2NO8. The van der Waals surface area contributed by atoms with Gasteiger partial charge in [-0.3, -0.25) is 0 Å². The molecule has 2 aromatic rings. The largest absolute Gasteiger partial charge is 0.479 e. The monoisotopic (exact) mass is 525 g/mol. The third-order valence-corrected chi connectivity index (χ3v) is 7.33. The fraction of sp³-hybridized carbons (Fsp3) is 0.417. The second-order valence-corrected chi connectivity index (χ2v) is 9.49. The Morgan fingerprint density at radius 1 is 0.971 bits per heavy atom. The van der Waals surface area contributed by atoms with E-state index in [-0.39, 0.29) is 12.0 Å². The summed E-state index contributed by atoms with van der Waals surface area (Å²) in [7, 11) is 1.53. The van der Waals surface area contributed by atoms with Crippen molar-refractivity contribution in [3.63, 3.8) is 0 Å². The highest BCUT2D eigenvalue weighted by Crippen LogP contribution is 2.44. The molecule has 1 saturated heterocycles. The number of halogens is 2. The second-order valence-electron chi connectivity index (χ2n) is 8.68. The molecule has 2 aromatic carbocycles. The third-order valence-electron chi connectivity index (χ3n) is 6.59. The maximum atomic E-state index is 13.0. The Labute approximate surface area is 211 Å². The number of ether oxygens (including phenoxy) is 2. The van der Waals surface area contributed by atoms with Crippen LogP contribution in [0.2, 0.25) is 10.0 Å². The molecule has 11 heteroatoms. The van der Waals surface area contributed by atoms with Gasteiger partial charge in [0.1, 0.15) is 18.3 Å². The van der Waals surface area contributed by atoms with Gasteiger partial charge in [-0.1, -0.05) is 53.5 Å². The number of carboxylic acid groups (broad SMARTS) is 1. The molecule has 1 fully saturated rings. The van der Waals surface area contributed by atoms with Crippen LogP contribution in [-0.4, -0.2) is 75.1 Å². The van der Waals surface area contributed by atoms with Crippen LogP contribution < -0.4 is 0 Å². The fourth-order valence-electron chi connectivity index (χ4n) is 4.70. The van der Waals surface area contributed by atoms with E-state index in [1.165, 1.54) is 11.9 Å². The van der Waals surface area contributed by atoms with Crippen molar-refractivity contribution in [1.29, 1.82) is 0 Å². The quantitative estimate of drug-likeness (QED) is 0.478. The van der Waals surface area contributed by atoms with Gasteiger partial charge in [-0.2, -0.15) is 0 Å².